The van der Waals surface area contributed by atoms with Crippen molar-refractivity contribution >= 4 is 11.9 Å². The van der Waals surface area contributed by atoms with Crippen LogP contribution in [0.3, 0.4) is 0 Å². The van der Waals surface area contributed by atoms with E-state index in [1.54, 1.807) is 0 Å². The van der Waals surface area contributed by atoms with E-state index in [9.17, 15) is 24.9 Å². The molecule has 0 amide bonds. The molecule has 0 aliphatic heterocycles. The number of aliphatic carboxylic acids is 2. The Balaban J connectivity index is 1.58. The number of aliphatic hydroxyl groups is 1. The highest BCUT2D eigenvalue weighted by molar-refractivity contribution is 5.78. The van der Waals surface area contributed by atoms with Crippen LogP contribution in [0.5, 0.6) is 0 Å². The highest BCUT2D eigenvalue weighted by atomic mass is 16.4. The molecule has 4 saturated carbocycles. The molecule has 3 unspecified atom stereocenters. The molecule has 0 bridgehead atoms. The van der Waals surface area contributed by atoms with Gasteiger partial charge in [0.15, 0.2) is 0 Å². The molecule has 3 N–H and O–H groups in total. The molecule has 4 fully saturated rings. The van der Waals surface area contributed by atoms with Crippen molar-refractivity contribution in [1.29, 1.82) is 0 Å². The lowest BCUT2D eigenvalue weighted by molar-refractivity contribution is -0.182. The Labute approximate surface area is 218 Å². The first-order chi connectivity index (χ1) is 16.9. The first kappa shape index (κ1) is 27.9. The van der Waals surface area contributed by atoms with Crippen molar-refractivity contribution in [3.63, 3.8) is 0 Å². The summed E-state index contributed by atoms with van der Waals surface area (Å²) >= 11 is 0. The van der Waals surface area contributed by atoms with Gasteiger partial charge in [0.1, 0.15) is 0 Å². The van der Waals surface area contributed by atoms with Gasteiger partial charge in [-0.2, -0.15) is 0 Å². The van der Waals surface area contributed by atoms with Gasteiger partial charge in [-0.1, -0.05) is 53.9 Å². The van der Waals surface area contributed by atoms with Crippen molar-refractivity contribution in [2.45, 2.75) is 118 Å². The van der Waals surface area contributed by atoms with E-state index in [1.165, 1.54) is 44.9 Å². The van der Waals surface area contributed by atoms with Crippen molar-refractivity contribution in [2.24, 2.45) is 64.1 Å². The largest absolute Gasteiger partial charge is 0.481 e. The second-order valence-electron chi connectivity index (χ2n) is 14.3. The van der Waals surface area contributed by atoms with E-state index in [0.29, 0.717) is 35.5 Å². The molecule has 11 atom stereocenters. The molecule has 4 aliphatic carbocycles. The number of carboxylic acid groups (broad SMARTS) is 2. The normalized spacial score (nSPS) is 43.8. The van der Waals surface area contributed by atoms with Crippen LogP contribution in [-0.2, 0) is 9.59 Å². The van der Waals surface area contributed by atoms with Crippen molar-refractivity contribution in [3.8, 4) is 0 Å². The SMILES string of the molecule is CC(C)CCC[C@@H](C)[C@H]1CC[C@H]2[C@@H]3CCC4C[C@H](O)CC(C(CC(=O)O)C(=O)O)[C@@]4(C)[C@H]3CC[C@]12C. The standard InChI is InChI=1S/C31H52O5/c1-18(2)7-6-8-19(3)24-11-12-25-22-10-9-20-15-21(32)16-27(23(29(35)36)17-28(33)34)31(20,5)26(22)13-14-30(24,25)4/h18-27,32H,6-17H2,1-5H3,(H,33,34)(H,35,36)/t19-,20?,21+,22+,23?,24-,25+,26+,27?,30-,31-/m1/s1. The van der Waals surface area contributed by atoms with E-state index < -0.39 is 24.0 Å². The molecule has 5 nitrogen and oxygen atoms in total. The van der Waals surface area contributed by atoms with Crippen LogP contribution in [0.15, 0.2) is 0 Å². The minimum absolute atomic E-state index is 0.205. The number of fused-ring (bicyclic) bond motifs is 5. The number of carbonyl (C=O) groups is 2. The molecular formula is C31H52O5. The van der Waals surface area contributed by atoms with Crippen molar-refractivity contribution in [1.82, 2.24) is 0 Å². The van der Waals surface area contributed by atoms with E-state index in [4.69, 9.17) is 0 Å². The molecule has 4 aliphatic rings. The van der Waals surface area contributed by atoms with Crippen LogP contribution in [0.25, 0.3) is 0 Å². The van der Waals surface area contributed by atoms with Gasteiger partial charge in [-0.15, -0.1) is 0 Å². The third-order valence-electron chi connectivity index (χ3n) is 12.2. The van der Waals surface area contributed by atoms with Gasteiger partial charge < -0.3 is 15.3 Å². The van der Waals surface area contributed by atoms with Crippen molar-refractivity contribution in [3.05, 3.63) is 0 Å². The maximum absolute atomic E-state index is 12.4. The monoisotopic (exact) mass is 504 g/mol. The summed E-state index contributed by atoms with van der Waals surface area (Å²) in [5.41, 5.74) is 0.168. The van der Waals surface area contributed by atoms with E-state index in [-0.39, 0.29) is 17.8 Å². The van der Waals surface area contributed by atoms with Crippen molar-refractivity contribution < 1.29 is 24.9 Å². The maximum Gasteiger partial charge on any atom is 0.307 e. The first-order valence-electron chi connectivity index (χ1n) is 15.0. The number of carboxylic acids is 2. The number of hydrogen-bond acceptors (Lipinski definition) is 3. The van der Waals surface area contributed by atoms with Crippen LogP contribution in [0.4, 0.5) is 0 Å². The Morgan fingerprint density at radius 3 is 2.25 bits per heavy atom. The van der Waals surface area contributed by atoms with Gasteiger partial charge in [0.25, 0.3) is 0 Å². The molecule has 36 heavy (non-hydrogen) atoms. The molecule has 0 aromatic heterocycles. The average molecular weight is 505 g/mol. The summed E-state index contributed by atoms with van der Waals surface area (Å²) in [6.07, 6.45) is 11.5. The topological polar surface area (TPSA) is 94.8 Å². The smallest absolute Gasteiger partial charge is 0.307 e. The fourth-order valence-electron chi connectivity index (χ4n) is 10.6. The number of rotatable bonds is 9. The summed E-state index contributed by atoms with van der Waals surface area (Å²) in [6, 6.07) is 0. The predicted octanol–water partition coefficient (Wildman–Crippen LogP) is 6.87. The molecular weight excluding hydrogens is 452 g/mol. The fraction of sp³-hybridized carbons (Fsp3) is 0.935. The van der Waals surface area contributed by atoms with Crippen LogP contribution in [-0.4, -0.2) is 33.4 Å². The van der Waals surface area contributed by atoms with Crippen LogP contribution in [0.2, 0.25) is 0 Å². The fourth-order valence-corrected chi connectivity index (χ4v) is 10.6. The summed E-state index contributed by atoms with van der Waals surface area (Å²) in [7, 11) is 0. The molecule has 5 heteroatoms. The summed E-state index contributed by atoms with van der Waals surface area (Å²) in [6.45, 7) is 12.0. The second-order valence-corrected chi connectivity index (χ2v) is 14.3. The van der Waals surface area contributed by atoms with E-state index in [0.717, 1.165) is 37.0 Å². The molecule has 0 saturated heterocycles. The summed E-state index contributed by atoms with van der Waals surface area (Å²) in [5, 5.41) is 30.4. The molecule has 0 heterocycles. The summed E-state index contributed by atoms with van der Waals surface area (Å²) < 4.78 is 0. The third-order valence-corrected chi connectivity index (χ3v) is 12.2. The minimum Gasteiger partial charge on any atom is -0.481 e. The summed E-state index contributed by atoms with van der Waals surface area (Å²) in [4.78, 5) is 24.0. The number of aliphatic hydroxyl groups excluding tert-OH is 1. The van der Waals surface area contributed by atoms with Gasteiger partial charge >= 0.3 is 11.9 Å². The Morgan fingerprint density at radius 2 is 1.61 bits per heavy atom. The Bertz CT molecular complexity index is 809. The molecule has 0 aromatic carbocycles. The zero-order chi connectivity index (χ0) is 26.4. The maximum atomic E-state index is 12.4. The zero-order valence-electron chi connectivity index (χ0n) is 23.4. The van der Waals surface area contributed by atoms with E-state index in [1.807, 2.05) is 0 Å². The minimum atomic E-state index is -1.05. The van der Waals surface area contributed by atoms with E-state index >= 15 is 0 Å². The van der Waals surface area contributed by atoms with Gasteiger partial charge in [-0.05, 0) is 110 Å². The Kier molecular flexibility index (Phi) is 8.20. The van der Waals surface area contributed by atoms with Crippen LogP contribution >= 0.6 is 0 Å². The lowest BCUT2D eigenvalue weighted by Gasteiger charge is -2.64. The van der Waals surface area contributed by atoms with Gasteiger partial charge in [-0.3, -0.25) is 9.59 Å². The molecule has 0 radical (unpaired) electrons. The predicted molar refractivity (Wildman–Crippen MR) is 141 cm³/mol. The molecule has 0 aromatic rings. The zero-order valence-corrected chi connectivity index (χ0v) is 23.4. The Morgan fingerprint density at radius 1 is 0.889 bits per heavy atom. The summed E-state index contributed by atoms with van der Waals surface area (Å²) in [5.74, 6) is 1.10. The lowest BCUT2D eigenvalue weighted by atomic mass is 9.41. The van der Waals surface area contributed by atoms with Crippen LogP contribution in [0, 0.1) is 64.1 Å². The third kappa shape index (κ3) is 4.87. The van der Waals surface area contributed by atoms with Gasteiger partial charge in [-0.25, -0.2) is 0 Å². The van der Waals surface area contributed by atoms with Crippen LogP contribution in [0.1, 0.15) is 112 Å². The average Bonchev–Trinajstić information content (AvgIpc) is 3.14. The first-order valence-corrected chi connectivity index (χ1v) is 15.0. The molecule has 4 rings (SSSR count). The quantitative estimate of drug-likeness (QED) is 0.318. The highest BCUT2D eigenvalue weighted by Gasteiger charge is 2.64. The van der Waals surface area contributed by atoms with Gasteiger partial charge in [0, 0.05) is 0 Å². The highest BCUT2D eigenvalue weighted by Crippen LogP contribution is 2.70. The van der Waals surface area contributed by atoms with Gasteiger partial charge in [0.05, 0.1) is 18.4 Å². The van der Waals surface area contributed by atoms with Gasteiger partial charge in [0.2, 0.25) is 0 Å². The van der Waals surface area contributed by atoms with E-state index in [2.05, 4.69) is 34.6 Å². The number of hydrogen-bond donors (Lipinski definition) is 3. The second kappa shape index (κ2) is 10.6. The molecule has 206 valence electrons. The lowest BCUT2D eigenvalue weighted by Crippen LogP contribution is -2.59. The Hall–Kier alpha value is -1.10. The van der Waals surface area contributed by atoms with Crippen molar-refractivity contribution in [2.75, 3.05) is 0 Å². The van der Waals surface area contributed by atoms with Crippen LogP contribution < -0.4 is 0 Å². The molecule has 0 spiro atoms.